The highest BCUT2D eigenvalue weighted by Gasteiger charge is 2.32. The zero-order chi connectivity index (χ0) is 25.0. The Kier molecular flexibility index (Phi) is 6.99. The lowest BCUT2D eigenvalue weighted by Crippen LogP contribution is -2.42. The summed E-state index contributed by atoms with van der Waals surface area (Å²) in [5, 5.41) is 2.78. The van der Waals surface area contributed by atoms with Crippen molar-refractivity contribution < 1.29 is 22.7 Å². The van der Waals surface area contributed by atoms with Crippen LogP contribution in [0.1, 0.15) is 30.3 Å². The minimum absolute atomic E-state index is 0.141. The molecule has 1 saturated heterocycles. The molecular formula is C25H24F3N5O2. The number of urea groups is 1. The number of piperidine rings is 1. The lowest BCUT2D eigenvalue weighted by atomic mass is 9.91. The van der Waals surface area contributed by atoms with Crippen LogP contribution in [0.15, 0.2) is 60.6 Å². The van der Waals surface area contributed by atoms with Crippen LogP contribution >= 0.6 is 0 Å². The Morgan fingerprint density at radius 1 is 1.11 bits per heavy atom. The highest BCUT2D eigenvalue weighted by molar-refractivity contribution is 5.88. The Morgan fingerprint density at radius 3 is 2.60 bits per heavy atom. The number of alkyl halides is 3. The van der Waals surface area contributed by atoms with Crippen molar-refractivity contribution in [3.8, 4) is 11.5 Å². The first kappa shape index (κ1) is 24.2. The number of likely N-dealkylation sites (tertiary alicyclic amines) is 1. The van der Waals surface area contributed by atoms with Crippen LogP contribution in [0, 0.1) is 12.8 Å². The second kappa shape index (κ2) is 10.1. The largest absolute Gasteiger partial charge is 0.456 e. The third-order valence-electron chi connectivity index (χ3n) is 5.57. The normalized spacial score (nSPS) is 17.3. The maximum atomic E-state index is 12.7. The van der Waals surface area contributed by atoms with Crippen LogP contribution in [0.25, 0.3) is 6.08 Å². The van der Waals surface area contributed by atoms with Crippen LogP contribution in [-0.4, -0.2) is 39.0 Å². The van der Waals surface area contributed by atoms with Gasteiger partial charge in [0.2, 0.25) is 0 Å². The van der Waals surface area contributed by atoms with Gasteiger partial charge in [0.1, 0.15) is 17.2 Å². The molecule has 0 saturated carbocycles. The number of aryl methyl sites for hydroxylation is 1. The molecule has 0 bridgehead atoms. The SMILES string of the molecule is Cc1cnc(NC(=O)N2CCC(=Cc3cccc(Oc4ccc(C(F)(F)F)nc4)c3)C(C)C2)cn1. The number of hydrogen-bond acceptors (Lipinski definition) is 5. The molecule has 35 heavy (non-hydrogen) atoms. The molecule has 3 aromatic rings. The number of rotatable bonds is 4. The first-order chi connectivity index (χ1) is 16.7. The van der Waals surface area contributed by atoms with Crippen molar-refractivity contribution in [2.75, 3.05) is 18.4 Å². The number of benzene rings is 1. The third-order valence-corrected chi connectivity index (χ3v) is 5.57. The van der Waals surface area contributed by atoms with Gasteiger partial charge in [-0.25, -0.2) is 14.8 Å². The monoisotopic (exact) mass is 483 g/mol. The van der Waals surface area contributed by atoms with Crippen molar-refractivity contribution in [1.82, 2.24) is 19.9 Å². The molecule has 1 N–H and O–H groups in total. The number of pyridine rings is 1. The van der Waals surface area contributed by atoms with Crippen LogP contribution in [0.3, 0.4) is 0 Å². The molecule has 4 rings (SSSR count). The summed E-state index contributed by atoms with van der Waals surface area (Å²) in [6.45, 7) is 5.01. The van der Waals surface area contributed by atoms with Gasteiger partial charge < -0.3 is 9.64 Å². The predicted octanol–water partition coefficient (Wildman–Crippen LogP) is 5.95. The summed E-state index contributed by atoms with van der Waals surface area (Å²) in [4.78, 5) is 26.1. The van der Waals surface area contributed by atoms with Crippen molar-refractivity contribution >= 4 is 17.9 Å². The number of carbonyl (C=O) groups excluding carboxylic acids is 1. The van der Waals surface area contributed by atoms with E-state index < -0.39 is 11.9 Å². The molecule has 2 aromatic heterocycles. The van der Waals surface area contributed by atoms with Gasteiger partial charge in [0.05, 0.1) is 24.3 Å². The van der Waals surface area contributed by atoms with Gasteiger partial charge in [-0.15, -0.1) is 0 Å². The van der Waals surface area contributed by atoms with Crippen molar-refractivity contribution in [2.24, 2.45) is 5.92 Å². The lowest BCUT2D eigenvalue weighted by Gasteiger charge is -2.33. The van der Waals surface area contributed by atoms with Crippen molar-refractivity contribution in [3.05, 3.63) is 77.5 Å². The fourth-order valence-electron chi connectivity index (χ4n) is 3.72. The maximum Gasteiger partial charge on any atom is 0.433 e. The summed E-state index contributed by atoms with van der Waals surface area (Å²) in [6.07, 6.45) is 2.46. The molecule has 1 fully saturated rings. The summed E-state index contributed by atoms with van der Waals surface area (Å²) in [7, 11) is 0. The first-order valence-corrected chi connectivity index (χ1v) is 11.0. The van der Waals surface area contributed by atoms with Crippen LogP contribution in [0.2, 0.25) is 0 Å². The highest BCUT2D eigenvalue weighted by atomic mass is 19.4. The van der Waals surface area contributed by atoms with Gasteiger partial charge in [-0.3, -0.25) is 10.3 Å². The summed E-state index contributed by atoms with van der Waals surface area (Å²) in [5.74, 6) is 1.26. The Morgan fingerprint density at radius 2 is 1.94 bits per heavy atom. The molecule has 3 heterocycles. The topological polar surface area (TPSA) is 80.2 Å². The Bertz CT molecular complexity index is 1210. The summed E-state index contributed by atoms with van der Waals surface area (Å²) in [5.41, 5.74) is 1.90. The standard InChI is InChI=1S/C25H24F3N5O2/c1-16-15-33(24(34)32-23-14-29-17(2)12-31-23)9-8-19(16)10-18-4-3-5-20(11-18)35-21-6-7-22(30-13-21)25(26,27)28/h3-7,10-14,16H,8-9,15H2,1-2H3,(H,31,32,34). The molecule has 1 atom stereocenters. The van der Waals surface area contributed by atoms with Crippen molar-refractivity contribution in [1.29, 1.82) is 0 Å². The fourth-order valence-corrected chi connectivity index (χ4v) is 3.72. The molecular weight excluding hydrogens is 459 g/mol. The summed E-state index contributed by atoms with van der Waals surface area (Å²) >= 11 is 0. The molecule has 0 radical (unpaired) electrons. The minimum atomic E-state index is -4.49. The van der Waals surface area contributed by atoms with Gasteiger partial charge in [0.25, 0.3) is 0 Å². The van der Waals surface area contributed by atoms with Crippen LogP contribution < -0.4 is 10.1 Å². The van der Waals surface area contributed by atoms with E-state index in [4.69, 9.17) is 4.74 Å². The van der Waals surface area contributed by atoms with Gasteiger partial charge in [-0.1, -0.05) is 30.7 Å². The van der Waals surface area contributed by atoms with E-state index in [0.717, 1.165) is 23.5 Å². The molecule has 2 amide bonds. The Labute approximate surface area is 200 Å². The van der Waals surface area contributed by atoms with E-state index >= 15 is 0 Å². The molecule has 182 valence electrons. The number of carbonyl (C=O) groups is 1. The first-order valence-electron chi connectivity index (χ1n) is 11.0. The quantitative estimate of drug-likeness (QED) is 0.496. The number of nitrogens with zero attached hydrogens (tertiary/aromatic N) is 4. The van der Waals surface area contributed by atoms with E-state index in [0.29, 0.717) is 31.1 Å². The van der Waals surface area contributed by atoms with E-state index in [2.05, 4.69) is 33.3 Å². The number of aromatic nitrogens is 3. The molecule has 0 aliphatic carbocycles. The van der Waals surface area contributed by atoms with E-state index in [1.807, 2.05) is 25.1 Å². The number of hydrogen-bond donors (Lipinski definition) is 1. The highest BCUT2D eigenvalue weighted by Crippen LogP contribution is 2.30. The van der Waals surface area contributed by atoms with E-state index in [1.165, 1.54) is 17.8 Å². The van der Waals surface area contributed by atoms with Crippen LogP contribution in [0.5, 0.6) is 11.5 Å². The Hall–Kier alpha value is -3.95. The number of anilines is 1. The zero-order valence-corrected chi connectivity index (χ0v) is 19.2. The maximum absolute atomic E-state index is 12.7. The number of ether oxygens (including phenoxy) is 1. The number of nitrogens with one attached hydrogen (secondary N) is 1. The molecule has 1 unspecified atom stereocenters. The molecule has 7 nitrogen and oxygen atoms in total. The minimum Gasteiger partial charge on any atom is -0.456 e. The average molecular weight is 483 g/mol. The molecule has 1 aliphatic heterocycles. The predicted molar refractivity (Wildman–Crippen MR) is 125 cm³/mol. The molecule has 1 aliphatic rings. The molecule has 1 aromatic carbocycles. The van der Waals surface area contributed by atoms with E-state index in [1.54, 1.807) is 17.2 Å². The van der Waals surface area contributed by atoms with Crippen LogP contribution in [-0.2, 0) is 6.18 Å². The lowest BCUT2D eigenvalue weighted by molar-refractivity contribution is -0.141. The average Bonchev–Trinajstić information content (AvgIpc) is 2.82. The van der Waals surface area contributed by atoms with E-state index in [9.17, 15) is 18.0 Å². The summed E-state index contributed by atoms with van der Waals surface area (Å²) in [6, 6.07) is 9.19. The van der Waals surface area contributed by atoms with Crippen LogP contribution in [0.4, 0.5) is 23.8 Å². The smallest absolute Gasteiger partial charge is 0.433 e. The number of halogens is 3. The van der Waals surface area contributed by atoms with E-state index in [-0.39, 0.29) is 17.7 Å². The number of amides is 2. The van der Waals surface area contributed by atoms with Gasteiger partial charge >= 0.3 is 12.2 Å². The fraction of sp³-hybridized carbons (Fsp3) is 0.280. The van der Waals surface area contributed by atoms with Gasteiger partial charge in [0, 0.05) is 13.1 Å². The summed E-state index contributed by atoms with van der Waals surface area (Å²) < 4.78 is 43.8. The van der Waals surface area contributed by atoms with Gasteiger partial charge in [-0.05, 0) is 49.1 Å². The second-order valence-electron chi connectivity index (χ2n) is 8.34. The van der Waals surface area contributed by atoms with Gasteiger partial charge in [-0.2, -0.15) is 13.2 Å². The third kappa shape index (κ3) is 6.34. The zero-order valence-electron chi connectivity index (χ0n) is 19.2. The van der Waals surface area contributed by atoms with Gasteiger partial charge in [0.15, 0.2) is 5.82 Å². The van der Waals surface area contributed by atoms with Crippen molar-refractivity contribution in [2.45, 2.75) is 26.4 Å². The molecule has 10 heteroatoms. The Balaban J connectivity index is 1.38. The molecule has 0 spiro atoms. The second-order valence-corrected chi connectivity index (χ2v) is 8.34. The van der Waals surface area contributed by atoms with Crippen molar-refractivity contribution in [3.63, 3.8) is 0 Å².